The van der Waals surface area contributed by atoms with Gasteiger partial charge in [0.05, 0.1) is 21.5 Å². The third-order valence-corrected chi connectivity index (χ3v) is 9.05. The van der Waals surface area contributed by atoms with E-state index in [4.69, 9.17) is 11.6 Å². The molecule has 6 nitrogen and oxygen atoms in total. The largest absolute Gasteiger partial charge is 0.348 e. The highest BCUT2D eigenvalue weighted by atomic mass is 35.5. The maximum absolute atomic E-state index is 13.1. The van der Waals surface area contributed by atoms with Crippen LogP contribution in [-0.4, -0.2) is 55.8 Å². The molecule has 1 aromatic heterocycles. The van der Waals surface area contributed by atoms with Gasteiger partial charge < -0.3 is 5.32 Å². The molecule has 0 saturated carbocycles. The summed E-state index contributed by atoms with van der Waals surface area (Å²) in [6.45, 7) is 8.29. The third-order valence-electron chi connectivity index (χ3n) is 5.73. The summed E-state index contributed by atoms with van der Waals surface area (Å²) < 4.78 is 27.1. The molecule has 31 heavy (non-hydrogen) atoms. The van der Waals surface area contributed by atoms with Crippen molar-refractivity contribution in [2.75, 3.05) is 26.2 Å². The summed E-state index contributed by atoms with van der Waals surface area (Å²) in [7, 11) is -3.68. The Morgan fingerprint density at radius 2 is 1.90 bits per heavy atom. The van der Waals surface area contributed by atoms with Crippen LogP contribution in [-0.2, 0) is 10.0 Å². The van der Waals surface area contributed by atoms with E-state index in [1.165, 1.54) is 27.4 Å². The van der Waals surface area contributed by atoms with Crippen molar-refractivity contribution < 1.29 is 13.2 Å². The van der Waals surface area contributed by atoms with Crippen LogP contribution in [0.4, 0.5) is 0 Å². The minimum atomic E-state index is -3.68. The second-order valence-corrected chi connectivity index (χ2v) is 11.0. The van der Waals surface area contributed by atoms with E-state index in [9.17, 15) is 13.2 Å². The lowest BCUT2D eigenvalue weighted by molar-refractivity contribution is 0.0908. The highest BCUT2D eigenvalue weighted by molar-refractivity contribution is 7.89. The number of halogens is 1. The predicted molar refractivity (Wildman–Crippen MR) is 126 cm³/mol. The molecule has 0 unspecified atom stereocenters. The van der Waals surface area contributed by atoms with Crippen LogP contribution in [0, 0.1) is 0 Å². The van der Waals surface area contributed by atoms with Gasteiger partial charge in [0, 0.05) is 24.0 Å². The molecule has 9 heteroatoms. The number of carbonyl (C=O) groups excluding carboxylic acids is 1. The van der Waals surface area contributed by atoms with Gasteiger partial charge in [-0.15, -0.1) is 11.3 Å². The quantitative estimate of drug-likeness (QED) is 0.574. The van der Waals surface area contributed by atoms with E-state index in [2.05, 4.69) is 16.3 Å². The minimum absolute atomic E-state index is 0.0766. The third kappa shape index (κ3) is 5.31. The van der Waals surface area contributed by atoms with E-state index in [1.807, 2.05) is 18.4 Å². The molecule has 2 atom stereocenters. The average molecular weight is 484 g/mol. The lowest BCUT2D eigenvalue weighted by Crippen LogP contribution is -2.43. The molecule has 1 aliphatic rings. The van der Waals surface area contributed by atoms with Gasteiger partial charge in [0.25, 0.3) is 5.91 Å². The second-order valence-electron chi connectivity index (χ2n) is 7.70. The maximum Gasteiger partial charge on any atom is 0.253 e. The van der Waals surface area contributed by atoms with Gasteiger partial charge in [0.1, 0.15) is 0 Å². The average Bonchev–Trinajstić information content (AvgIpc) is 3.44. The monoisotopic (exact) mass is 483 g/mol. The highest BCUT2D eigenvalue weighted by Gasteiger charge is 2.31. The van der Waals surface area contributed by atoms with Crippen LogP contribution in [0.1, 0.15) is 54.9 Å². The lowest BCUT2D eigenvalue weighted by Gasteiger charge is -2.32. The van der Waals surface area contributed by atoms with Gasteiger partial charge in [-0.3, -0.25) is 9.69 Å². The van der Waals surface area contributed by atoms with Crippen LogP contribution in [0.2, 0.25) is 5.02 Å². The number of carbonyl (C=O) groups is 1. The fraction of sp³-hybridized carbons (Fsp3) is 0.500. The van der Waals surface area contributed by atoms with E-state index in [1.54, 1.807) is 25.2 Å². The first-order chi connectivity index (χ1) is 14.8. The number of rotatable bonds is 9. The molecule has 1 amide bonds. The van der Waals surface area contributed by atoms with E-state index < -0.39 is 10.0 Å². The Balaban J connectivity index is 1.85. The molecule has 1 fully saturated rings. The molecule has 1 aliphatic heterocycles. The molecule has 1 aromatic carbocycles. The van der Waals surface area contributed by atoms with Gasteiger partial charge >= 0.3 is 0 Å². The standard InChI is InChI=1S/C22H30ClN3O3S2/c1-4-26(5-2)31(28,29)17-10-11-19(23)18(15-17)22(27)24-16(3)21(20-9-8-14-30-20)25-12-6-7-13-25/h8-11,14-16,21H,4-7,12-13H2,1-3H3,(H,24,27)/t16-,21-/m1/s1. The van der Waals surface area contributed by atoms with Crippen LogP contribution in [0.5, 0.6) is 0 Å². The topological polar surface area (TPSA) is 69.7 Å². The van der Waals surface area contributed by atoms with Gasteiger partial charge in [-0.25, -0.2) is 8.42 Å². The number of likely N-dealkylation sites (tertiary alicyclic amines) is 1. The van der Waals surface area contributed by atoms with E-state index in [0.29, 0.717) is 13.1 Å². The molecule has 0 spiro atoms. The summed E-state index contributed by atoms with van der Waals surface area (Å²) in [5, 5.41) is 5.35. The Morgan fingerprint density at radius 3 is 2.48 bits per heavy atom. The van der Waals surface area contributed by atoms with E-state index >= 15 is 0 Å². The second kappa shape index (κ2) is 10.4. The van der Waals surface area contributed by atoms with Gasteiger partial charge in [0.15, 0.2) is 0 Å². The van der Waals surface area contributed by atoms with Crippen molar-refractivity contribution in [1.82, 2.24) is 14.5 Å². The Hall–Kier alpha value is -1.45. The Kier molecular flexibility index (Phi) is 8.15. The number of amides is 1. The Labute approximate surface area is 194 Å². The van der Waals surface area contributed by atoms with Crippen molar-refractivity contribution in [3.8, 4) is 0 Å². The zero-order valence-electron chi connectivity index (χ0n) is 18.2. The maximum atomic E-state index is 13.1. The van der Waals surface area contributed by atoms with Crippen molar-refractivity contribution in [3.05, 3.63) is 51.2 Å². The summed E-state index contributed by atoms with van der Waals surface area (Å²) >= 11 is 7.98. The first-order valence-electron chi connectivity index (χ1n) is 10.7. The SMILES string of the molecule is CCN(CC)S(=O)(=O)c1ccc(Cl)c(C(=O)N[C@H](C)[C@H](c2cccs2)N2CCCC2)c1. The lowest BCUT2D eigenvalue weighted by atomic mass is 10.1. The van der Waals surface area contributed by atoms with Crippen LogP contribution >= 0.6 is 22.9 Å². The number of nitrogens with zero attached hydrogens (tertiary/aromatic N) is 2. The van der Waals surface area contributed by atoms with Gasteiger partial charge in [-0.1, -0.05) is 31.5 Å². The van der Waals surface area contributed by atoms with Crippen LogP contribution < -0.4 is 5.32 Å². The van der Waals surface area contributed by atoms with E-state index in [0.717, 1.165) is 25.9 Å². The normalized spacial score (nSPS) is 17.1. The Morgan fingerprint density at radius 1 is 1.23 bits per heavy atom. The summed E-state index contributed by atoms with van der Waals surface area (Å²) in [4.78, 5) is 16.8. The van der Waals surface area contributed by atoms with E-state index in [-0.39, 0.29) is 33.5 Å². The first kappa shape index (κ1) is 24.2. The molecular weight excluding hydrogens is 454 g/mol. The first-order valence-corrected chi connectivity index (χ1v) is 13.4. The van der Waals surface area contributed by atoms with Gasteiger partial charge in [0.2, 0.25) is 10.0 Å². The molecule has 0 radical (unpaired) electrons. The van der Waals surface area contributed by atoms with Crippen molar-refractivity contribution in [2.45, 2.75) is 50.6 Å². The zero-order valence-corrected chi connectivity index (χ0v) is 20.6. The Bertz CT molecular complexity index is 985. The molecule has 3 rings (SSSR count). The van der Waals surface area contributed by atoms with Crippen molar-refractivity contribution >= 4 is 38.9 Å². The molecule has 2 aromatic rings. The summed E-state index contributed by atoms with van der Waals surface area (Å²) in [5.74, 6) is -0.366. The fourth-order valence-electron chi connectivity index (χ4n) is 4.14. The molecule has 2 heterocycles. The fourth-order valence-corrected chi connectivity index (χ4v) is 6.79. The summed E-state index contributed by atoms with van der Waals surface area (Å²) in [6, 6.07) is 8.35. The molecule has 1 N–H and O–H groups in total. The zero-order chi connectivity index (χ0) is 22.6. The molecule has 0 bridgehead atoms. The number of nitrogens with one attached hydrogen (secondary N) is 1. The molecule has 1 saturated heterocycles. The minimum Gasteiger partial charge on any atom is -0.348 e. The molecular formula is C22H30ClN3O3S2. The van der Waals surface area contributed by atoms with Crippen molar-refractivity contribution in [3.63, 3.8) is 0 Å². The number of benzene rings is 1. The van der Waals surface area contributed by atoms with Crippen LogP contribution in [0.25, 0.3) is 0 Å². The molecule has 0 aliphatic carbocycles. The molecule has 170 valence electrons. The van der Waals surface area contributed by atoms with Crippen LogP contribution in [0.3, 0.4) is 0 Å². The highest BCUT2D eigenvalue weighted by Crippen LogP contribution is 2.31. The summed E-state index contributed by atoms with van der Waals surface area (Å²) in [5.41, 5.74) is 0.174. The predicted octanol–water partition coefficient (Wildman–Crippen LogP) is 4.39. The van der Waals surface area contributed by atoms with Crippen molar-refractivity contribution in [1.29, 1.82) is 0 Å². The number of sulfonamides is 1. The number of hydrogen-bond donors (Lipinski definition) is 1. The van der Waals surface area contributed by atoms with Gasteiger partial charge in [-0.2, -0.15) is 4.31 Å². The van der Waals surface area contributed by atoms with Crippen LogP contribution in [0.15, 0.2) is 40.6 Å². The smallest absolute Gasteiger partial charge is 0.253 e. The van der Waals surface area contributed by atoms with Crippen molar-refractivity contribution in [2.24, 2.45) is 0 Å². The summed E-state index contributed by atoms with van der Waals surface area (Å²) in [6.07, 6.45) is 2.30. The van der Waals surface area contributed by atoms with Gasteiger partial charge in [-0.05, 0) is 62.5 Å². The number of hydrogen-bond acceptors (Lipinski definition) is 5. The number of thiophene rings is 1.